The van der Waals surface area contributed by atoms with Gasteiger partial charge in [-0.1, -0.05) is 6.07 Å². The summed E-state index contributed by atoms with van der Waals surface area (Å²) in [7, 11) is 0. The van der Waals surface area contributed by atoms with E-state index in [1.54, 1.807) is 47.4 Å². The van der Waals surface area contributed by atoms with Crippen molar-refractivity contribution in [3.8, 4) is 11.5 Å². The summed E-state index contributed by atoms with van der Waals surface area (Å²) < 4.78 is 30.4. The van der Waals surface area contributed by atoms with E-state index >= 15 is 0 Å². The molecule has 0 fully saturated rings. The van der Waals surface area contributed by atoms with Gasteiger partial charge < -0.3 is 9.88 Å². The first-order chi connectivity index (χ1) is 13.6. The fourth-order valence-electron chi connectivity index (χ4n) is 2.85. The molecule has 0 atom stereocenters. The number of amides is 1. The predicted molar refractivity (Wildman–Crippen MR) is 98.2 cm³/mol. The van der Waals surface area contributed by atoms with Crippen molar-refractivity contribution in [2.75, 3.05) is 0 Å². The number of carbonyl (C=O) groups is 1. The Morgan fingerprint density at radius 3 is 2.46 bits per heavy atom. The van der Waals surface area contributed by atoms with Crippen LogP contribution in [0.1, 0.15) is 16.1 Å². The minimum absolute atomic E-state index is 0.171. The lowest BCUT2D eigenvalue weighted by Gasteiger charge is -2.11. The normalized spacial score (nSPS) is 10.8. The summed E-state index contributed by atoms with van der Waals surface area (Å²) in [6.45, 7) is 0.241. The highest BCUT2D eigenvalue weighted by molar-refractivity contribution is 5.97. The molecule has 3 aromatic heterocycles. The minimum Gasteiger partial charge on any atom is -0.346 e. The summed E-state index contributed by atoms with van der Waals surface area (Å²) in [5, 5.41) is 6.98. The van der Waals surface area contributed by atoms with Crippen LogP contribution in [0.25, 0.3) is 11.5 Å². The Hall–Kier alpha value is -3.81. The second-order valence-electron chi connectivity index (χ2n) is 6.02. The number of nitrogens with zero attached hydrogens (tertiary/aromatic N) is 4. The SMILES string of the molecule is O=C(NCc1ccccn1)c1cnn(-c2cc(F)cc(F)c2)c1-n1cccc1. The van der Waals surface area contributed by atoms with Crippen molar-refractivity contribution in [1.82, 2.24) is 24.6 Å². The van der Waals surface area contributed by atoms with Crippen molar-refractivity contribution < 1.29 is 13.6 Å². The molecule has 0 aliphatic heterocycles. The van der Waals surface area contributed by atoms with Crippen LogP contribution in [0.3, 0.4) is 0 Å². The Balaban J connectivity index is 1.72. The average Bonchev–Trinajstić information content (AvgIpc) is 3.35. The van der Waals surface area contributed by atoms with Gasteiger partial charge >= 0.3 is 0 Å². The summed E-state index contributed by atoms with van der Waals surface area (Å²) in [5.41, 5.74) is 1.14. The number of nitrogens with one attached hydrogen (secondary N) is 1. The number of benzene rings is 1. The molecule has 6 nitrogen and oxygen atoms in total. The molecule has 0 saturated heterocycles. The zero-order valence-corrected chi connectivity index (χ0v) is 14.6. The smallest absolute Gasteiger partial charge is 0.257 e. The third kappa shape index (κ3) is 3.52. The maximum Gasteiger partial charge on any atom is 0.257 e. The molecule has 0 saturated carbocycles. The second-order valence-corrected chi connectivity index (χ2v) is 6.02. The van der Waals surface area contributed by atoms with Gasteiger partial charge in [-0.25, -0.2) is 13.5 Å². The summed E-state index contributed by atoms with van der Waals surface area (Å²) in [5.74, 6) is -1.47. The van der Waals surface area contributed by atoms with Crippen molar-refractivity contribution in [1.29, 1.82) is 0 Å². The average molecular weight is 379 g/mol. The van der Waals surface area contributed by atoms with Gasteiger partial charge in [0.15, 0.2) is 5.82 Å². The minimum atomic E-state index is -0.731. The first kappa shape index (κ1) is 17.6. The van der Waals surface area contributed by atoms with Crippen molar-refractivity contribution in [2.24, 2.45) is 0 Å². The van der Waals surface area contributed by atoms with Gasteiger partial charge in [0.25, 0.3) is 5.91 Å². The molecule has 1 aromatic carbocycles. The Morgan fingerprint density at radius 1 is 1.04 bits per heavy atom. The van der Waals surface area contributed by atoms with Crippen LogP contribution in [0.4, 0.5) is 8.78 Å². The van der Waals surface area contributed by atoms with E-state index in [4.69, 9.17) is 0 Å². The van der Waals surface area contributed by atoms with Crippen LogP contribution in [0, 0.1) is 11.6 Å². The fourth-order valence-corrected chi connectivity index (χ4v) is 2.85. The van der Waals surface area contributed by atoms with Crippen molar-refractivity contribution >= 4 is 5.91 Å². The maximum absolute atomic E-state index is 13.7. The molecule has 4 aromatic rings. The molecular formula is C20H15F2N5O. The largest absolute Gasteiger partial charge is 0.346 e. The van der Waals surface area contributed by atoms with E-state index in [0.29, 0.717) is 11.5 Å². The van der Waals surface area contributed by atoms with Crippen LogP contribution >= 0.6 is 0 Å². The van der Waals surface area contributed by atoms with Gasteiger partial charge in [0.2, 0.25) is 0 Å². The summed E-state index contributed by atoms with van der Waals surface area (Å²) in [6, 6.07) is 12.1. The van der Waals surface area contributed by atoms with Gasteiger partial charge in [-0.15, -0.1) is 0 Å². The topological polar surface area (TPSA) is 64.7 Å². The van der Waals surface area contributed by atoms with Crippen LogP contribution in [-0.4, -0.2) is 25.2 Å². The summed E-state index contributed by atoms with van der Waals surface area (Å²) >= 11 is 0. The quantitative estimate of drug-likeness (QED) is 0.579. The molecule has 0 bridgehead atoms. The summed E-state index contributed by atoms with van der Waals surface area (Å²) in [6.07, 6.45) is 6.45. The number of aromatic nitrogens is 4. The molecule has 8 heteroatoms. The Morgan fingerprint density at radius 2 is 1.79 bits per heavy atom. The zero-order valence-electron chi connectivity index (χ0n) is 14.6. The van der Waals surface area contributed by atoms with Gasteiger partial charge in [0.05, 0.1) is 24.1 Å². The van der Waals surface area contributed by atoms with E-state index in [0.717, 1.165) is 18.2 Å². The molecule has 140 valence electrons. The molecule has 3 heterocycles. The number of hydrogen-bond donors (Lipinski definition) is 1. The Bertz CT molecular complexity index is 1090. The van der Waals surface area contributed by atoms with Crippen LogP contribution in [0.5, 0.6) is 0 Å². The molecule has 0 aliphatic rings. The maximum atomic E-state index is 13.7. The number of halogens is 2. The molecule has 1 N–H and O–H groups in total. The molecule has 0 unspecified atom stereocenters. The highest BCUT2D eigenvalue weighted by Gasteiger charge is 2.20. The molecule has 0 radical (unpaired) electrons. The third-order valence-corrected chi connectivity index (χ3v) is 4.09. The molecule has 28 heavy (non-hydrogen) atoms. The van der Waals surface area contributed by atoms with E-state index in [9.17, 15) is 13.6 Å². The predicted octanol–water partition coefficient (Wildman–Crippen LogP) is 3.27. The van der Waals surface area contributed by atoms with Crippen molar-refractivity contribution in [3.05, 3.63) is 96.2 Å². The van der Waals surface area contributed by atoms with E-state index < -0.39 is 11.6 Å². The zero-order chi connectivity index (χ0) is 19.5. The van der Waals surface area contributed by atoms with Gasteiger partial charge in [0, 0.05) is 24.7 Å². The van der Waals surface area contributed by atoms with E-state index in [-0.39, 0.29) is 23.7 Å². The molecule has 1 amide bonds. The fraction of sp³-hybridized carbons (Fsp3) is 0.0500. The monoisotopic (exact) mass is 379 g/mol. The van der Waals surface area contributed by atoms with Crippen molar-refractivity contribution in [3.63, 3.8) is 0 Å². The van der Waals surface area contributed by atoms with Gasteiger partial charge in [-0.3, -0.25) is 9.78 Å². The molecule has 4 rings (SSSR count). The highest BCUT2D eigenvalue weighted by atomic mass is 19.1. The molecular weight excluding hydrogens is 364 g/mol. The van der Waals surface area contributed by atoms with Crippen LogP contribution in [0.2, 0.25) is 0 Å². The van der Waals surface area contributed by atoms with Crippen LogP contribution < -0.4 is 5.32 Å². The number of pyridine rings is 1. The molecule has 0 aliphatic carbocycles. The first-order valence-corrected chi connectivity index (χ1v) is 8.48. The van der Waals surface area contributed by atoms with Crippen molar-refractivity contribution in [2.45, 2.75) is 6.54 Å². The van der Waals surface area contributed by atoms with Gasteiger partial charge in [-0.2, -0.15) is 5.10 Å². The number of rotatable bonds is 5. The highest BCUT2D eigenvalue weighted by Crippen LogP contribution is 2.21. The number of hydrogen-bond acceptors (Lipinski definition) is 3. The lowest BCUT2D eigenvalue weighted by Crippen LogP contribution is -2.24. The van der Waals surface area contributed by atoms with Crippen LogP contribution in [0.15, 0.2) is 73.3 Å². The summed E-state index contributed by atoms with van der Waals surface area (Å²) in [4.78, 5) is 16.9. The molecule has 0 spiro atoms. The first-order valence-electron chi connectivity index (χ1n) is 8.48. The third-order valence-electron chi connectivity index (χ3n) is 4.09. The lowest BCUT2D eigenvalue weighted by molar-refractivity contribution is 0.0950. The van der Waals surface area contributed by atoms with E-state index in [1.807, 2.05) is 6.07 Å². The Kier molecular flexibility index (Phi) is 4.67. The Labute approximate surface area is 159 Å². The lowest BCUT2D eigenvalue weighted by atomic mass is 10.2. The van der Waals surface area contributed by atoms with Crippen LogP contribution in [-0.2, 0) is 6.54 Å². The van der Waals surface area contributed by atoms with E-state index in [1.165, 1.54) is 10.9 Å². The van der Waals surface area contributed by atoms with Gasteiger partial charge in [0.1, 0.15) is 17.2 Å². The van der Waals surface area contributed by atoms with E-state index in [2.05, 4.69) is 15.4 Å². The van der Waals surface area contributed by atoms with Gasteiger partial charge in [-0.05, 0) is 36.4 Å². The standard InChI is InChI=1S/C20H15F2N5O/c21-14-9-15(22)11-17(10-14)27-20(26-7-3-4-8-26)18(13-25-27)19(28)24-12-16-5-1-2-6-23-16/h1-11,13H,12H2,(H,24,28). The second kappa shape index (κ2) is 7.43. The number of carbonyl (C=O) groups excluding carboxylic acids is 1.